The molecule has 0 spiro atoms. The van der Waals surface area contributed by atoms with E-state index in [0.717, 1.165) is 35.9 Å². The highest BCUT2D eigenvalue weighted by Gasteiger charge is 2.50. The van der Waals surface area contributed by atoms with Crippen LogP contribution in [0.25, 0.3) is 11.4 Å². The van der Waals surface area contributed by atoms with Gasteiger partial charge in [0, 0.05) is 25.2 Å². The Balaban J connectivity index is 1.45. The van der Waals surface area contributed by atoms with Crippen LogP contribution in [-0.2, 0) is 11.8 Å². The zero-order valence-electron chi connectivity index (χ0n) is 17.5. The summed E-state index contributed by atoms with van der Waals surface area (Å²) in [5, 5.41) is 9.50. The van der Waals surface area contributed by atoms with Gasteiger partial charge in [-0.05, 0) is 42.6 Å². The van der Waals surface area contributed by atoms with Crippen LogP contribution in [0.15, 0.2) is 29.4 Å². The Morgan fingerprint density at radius 1 is 1.21 bits per heavy atom. The summed E-state index contributed by atoms with van der Waals surface area (Å²) in [5.41, 5.74) is 2.85. The lowest BCUT2D eigenvalue weighted by atomic mass is 9.65. The van der Waals surface area contributed by atoms with Crippen molar-refractivity contribution in [3.05, 3.63) is 29.8 Å². The van der Waals surface area contributed by atoms with Gasteiger partial charge in [-0.15, -0.1) is 10.2 Å². The van der Waals surface area contributed by atoms with Crippen LogP contribution in [0.2, 0.25) is 0 Å². The van der Waals surface area contributed by atoms with Gasteiger partial charge in [-0.3, -0.25) is 4.79 Å². The van der Waals surface area contributed by atoms with Crippen LogP contribution >= 0.6 is 11.8 Å². The monoisotopic (exact) mass is 398 g/mol. The summed E-state index contributed by atoms with van der Waals surface area (Å²) < 4.78 is 1.99. The molecule has 1 aliphatic heterocycles. The molecule has 6 heteroatoms. The van der Waals surface area contributed by atoms with E-state index in [1.807, 2.05) is 23.7 Å². The average molecular weight is 399 g/mol. The summed E-state index contributed by atoms with van der Waals surface area (Å²) in [7, 11) is 1.97. The molecule has 2 aliphatic rings. The van der Waals surface area contributed by atoms with Crippen LogP contribution in [0.3, 0.4) is 0 Å². The Morgan fingerprint density at radius 3 is 2.71 bits per heavy atom. The highest BCUT2D eigenvalue weighted by molar-refractivity contribution is 7.99. The van der Waals surface area contributed by atoms with E-state index in [1.54, 1.807) is 0 Å². The van der Waals surface area contributed by atoms with E-state index in [2.05, 4.69) is 54.9 Å². The first kappa shape index (κ1) is 19.5. The van der Waals surface area contributed by atoms with Gasteiger partial charge in [-0.2, -0.15) is 0 Å². The zero-order chi connectivity index (χ0) is 20.1. The molecule has 1 amide bonds. The molecule has 2 atom stereocenters. The molecule has 1 aliphatic carbocycles. The second-order valence-corrected chi connectivity index (χ2v) is 10.6. The minimum absolute atomic E-state index is 0.233. The lowest BCUT2D eigenvalue weighted by Crippen LogP contribution is -2.38. The third kappa shape index (κ3) is 3.59. The molecule has 4 rings (SSSR count). The molecule has 0 unspecified atom stereocenters. The third-order valence-electron chi connectivity index (χ3n) is 6.28. The topological polar surface area (TPSA) is 51.0 Å². The molecular formula is C22H30N4OS. The molecule has 1 aromatic carbocycles. The van der Waals surface area contributed by atoms with E-state index >= 15 is 0 Å². The van der Waals surface area contributed by atoms with Crippen molar-refractivity contribution in [2.24, 2.45) is 17.9 Å². The maximum absolute atomic E-state index is 13.0. The summed E-state index contributed by atoms with van der Waals surface area (Å²) in [4.78, 5) is 15.1. The van der Waals surface area contributed by atoms with Crippen LogP contribution in [0.1, 0.15) is 45.6 Å². The molecule has 2 fully saturated rings. The standard InChI is InChI=1S/C22H30N4OS/c1-15-8-6-7-9-17(15)19-23-24-20(25(19)5)28-12-18(27)26-14-22(4)11-16(26)10-21(2,3)13-22/h6-9,16H,10-14H2,1-5H3/t16-,22+/m0/s1. The number of aryl methyl sites for hydroxylation is 1. The van der Waals surface area contributed by atoms with Gasteiger partial charge in [0.2, 0.25) is 5.91 Å². The van der Waals surface area contributed by atoms with Crippen molar-refractivity contribution >= 4 is 17.7 Å². The van der Waals surface area contributed by atoms with Crippen molar-refractivity contribution < 1.29 is 4.79 Å². The van der Waals surface area contributed by atoms with Crippen LogP contribution < -0.4 is 0 Å². The summed E-state index contributed by atoms with van der Waals surface area (Å²) >= 11 is 1.49. The largest absolute Gasteiger partial charge is 0.338 e. The molecule has 0 N–H and O–H groups in total. The van der Waals surface area contributed by atoms with Gasteiger partial charge in [0.15, 0.2) is 11.0 Å². The van der Waals surface area contributed by atoms with Gasteiger partial charge in [0.05, 0.1) is 5.75 Å². The average Bonchev–Trinajstić information content (AvgIpc) is 3.09. The fourth-order valence-corrected chi connectivity index (χ4v) is 6.26. The number of benzene rings is 1. The second-order valence-electron chi connectivity index (χ2n) is 9.70. The number of fused-ring (bicyclic) bond motifs is 2. The number of aromatic nitrogens is 3. The van der Waals surface area contributed by atoms with Gasteiger partial charge in [-0.25, -0.2) is 0 Å². The van der Waals surface area contributed by atoms with Crippen LogP contribution in [0, 0.1) is 17.8 Å². The fraction of sp³-hybridized carbons (Fsp3) is 0.591. The molecule has 150 valence electrons. The molecule has 2 bridgehead atoms. The smallest absolute Gasteiger partial charge is 0.233 e. The van der Waals surface area contributed by atoms with Crippen LogP contribution in [0.5, 0.6) is 0 Å². The Morgan fingerprint density at radius 2 is 1.96 bits per heavy atom. The molecule has 5 nitrogen and oxygen atoms in total. The Labute approximate surface area is 171 Å². The first-order valence-electron chi connectivity index (χ1n) is 10.1. The van der Waals surface area contributed by atoms with Gasteiger partial charge < -0.3 is 9.47 Å². The van der Waals surface area contributed by atoms with Crippen molar-refractivity contribution in [3.63, 3.8) is 0 Å². The van der Waals surface area contributed by atoms with E-state index in [4.69, 9.17) is 0 Å². The summed E-state index contributed by atoms with van der Waals surface area (Å²) in [6.45, 7) is 10.00. The first-order chi connectivity index (χ1) is 13.2. The van der Waals surface area contributed by atoms with Gasteiger partial charge in [0.1, 0.15) is 0 Å². The highest BCUT2D eigenvalue weighted by Crippen LogP contribution is 2.52. The summed E-state index contributed by atoms with van der Waals surface area (Å²) in [6.07, 6.45) is 3.46. The lowest BCUT2D eigenvalue weighted by Gasteiger charge is -2.39. The predicted octanol–water partition coefficient (Wildman–Crippen LogP) is 4.31. The molecule has 1 saturated carbocycles. The number of rotatable bonds is 4. The molecule has 1 aromatic heterocycles. The molecular weight excluding hydrogens is 368 g/mol. The van der Waals surface area contributed by atoms with E-state index in [0.29, 0.717) is 17.2 Å². The first-order valence-corrected chi connectivity index (χ1v) is 11.0. The van der Waals surface area contributed by atoms with Crippen LogP contribution in [-0.4, -0.2) is 43.9 Å². The van der Waals surface area contributed by atoms with Crippen molar-refractivity contribution in [1.82, 2.24) is 19.7 Å². The Hall–Kier alpha value is -1.82. The van der Waals surface area contributed by atoms with Crippen molar-refractivity contribution in [2.45, 2.75) is 58.2 Å². The molecule has 28 heavy (non-hydrogen) atoms. The molecule has 2 heterocycles. The lowest BCUT2D eigenvalue weighted by molar-refractivity contribution is -0.129. The predicted molar refractivity (Wildman–Crippen MR) is 113 cm³/mol. The summed E-state index contributed by atoms with van der Waals surface area (Å²) in [6, 6.07) is 8.57. The van der Waals surface area contributed by atoms with E-state index in [9.17, 15) is 4.79 Å². The van der Waals surface area contributed by atoms with E-state index < -0.39 is 0 Å². The fourth-order valence-electron chi connectivity index (χ4n) is 5.46. The number of carbonyl (C=O) groups excluding carboxylic acids is 1. The van der Waals surface area contributed by atoms with Crippen molar-refractivity contribution in [3.8, 4) is 11.4 Å². The Bertz CT molecular complexity index is 906. The quantitative estimate of drug-likeness (QED) is 0.720. The number of likely N-dealkylation sites (tertiary alicyclic amines) is 1. The maximum Gasteiger partial charge on any atom is 0.233 e. The summed E-state index contributed by atoms with van der Waals surface area (Å²) in [5.74, 6) is 1.50. The Kier molecular flexibility index (Phi) is 4.81. The van der Waals surface area contributed by atoms with Crippen molar-refractivity contribution in [2.75, 3.05) is 12.3 Å². The third-order valence-corrected chi connectivity index (χ3v) is 7.29. The second kappa shape index (κ2) is 6.90. The molecule has 2 aromatic rings. The van der Waals surface area contributed by atoms with Crippen molar-refractivity contribution in [1.29, 1.82) is 0 Å². The number of thioether (sulfide) groups is 1. The minimum atomic E-state index is 0.233. The number of carbonyl (C=O) groups is 1. The SMILES string of the molecule is Cc1ccccc1-c1nnc(SCC(=O)N2C[C@]3(C)C[C@@H]2CC(C)(C)C3)n1C. The molecule has 1 saturated heterocycles. The zero-order valence-corrected chi connectivity index (χ0v) is 18.3. The van der Waals surface area contributed by atoms with Gasteiger partial charge in [-0.1, -0.05) is 56.8 Å². The maximum atomic E-state index is 13.0. The number of hydrogen-bond donors (Lipinski definition) is 0. The van der Waals surface area contributed by atoms with Crippen LogP contribution in [0.4, 0.5) is 0 Å². The number of hydrogen-bond acceptors (Lipinski definition) is 4. The normalized spacial score (nSPS) is 25.9. The highest BCUT2D eigenvalue weighted by atomic mass is 32.2. The van der Waals surface area contributed by atoms with Gasteiger partial charge >= 0.3 is 0 Å². The molecule has 0 radical (unpaired) electrons. The number of amides is 1. The van der Waals surface area contributed by atoms with E-state index in [1.165, 1.54) is 23.7 Å². The minimum Gasteiger partial charge on any atom is -0.338 e. The number of nitrogens with zero attached hydrogens (tertiary/aromatic N) is 4. The van der Waals surface area contributed by atoms with E-state index in [-0.39, 0.29) is 11.3 Å². The van der Waals surface area contributed by atoms with Gasteiger partial charge in [0.25, 0.3) is 0 Å².